The number of hydrogen-bond donors (Lipinski definition) is 1. The number of benzene rings is 2. The standard InChI is InChI=1S/C23H15ClF3NO5/c1-12-2-11-17(32-12)19-18(20(29)13-3-5-14(24)6-4-13)21(30)22(31)28(19)15-7-9-16(10-8-15)33-23(25,26)27/h2-11,19,29H,1H3/b20-18-. The topological polar surface area (TPSA) is 80.0 Å². The van der Waals surface area contributed by atoms with Crippen molar-refractivity contribution in [3.8, 4) is 5.75 Å². The highest BCUT2D eigenvalue weighted by molar-refractivity contribution is 6.51. The van der Waals surface area contributed by atoms with E-state index < -0.39 is 35.6 Å². The molecule has 1 aliphatic rings. The lowest BCUT2D eigenvalue weighted by atomic mass is 9.99. The van der Waals surface area contributed by atoms with Gasteiger partial charge >= 0.3 is 6.36 Å². The number of furan rings is 1. The number of carbonyl (C=O) groups excluding carboxylic acids is 2. The number of rotatable bonds is 4. The summed E-state index contributed by atoms with van der Waals surface area (Å²) in [5, 5.41) is 11.3. The van der Waals surface area contributed by atoms with E-state index in [9.17, 15) is 27.9 Å². The van der Waals surface area contributed by atoms with Crippen LogP contribution < -0.4 is 9.64 Å². The van der Waals surface area contributed by atoms with E-state index >= 15 is 0 Å². The van der Waals surface area contributed by atoms with Gasteiger partial charge in [-0.2, -0.15) is 0 Å². The third-order valence-corrected chi connectivity index (χ3v) is 5.19. The van der Waals surface area contributed by atoms with Gasteiger partial charge in [0.25, 0.3) is 11.7 Å². The molecular formula is C23H15ClF3NO5. The lowest BCUT2D eigenvalue weighted by Crippen LogP contribution is -2.29. The predicted molar refractivity (Wildman–Crippen MR) is 113 cm³/mol. The quantitative estimate of drug-likeness (QED) is 0.293. The summed E-state index contributed by atoms with van der Waals surface area (Å²) in [6.45, 7) is 1.66. The molecule has 1 fully saturated rings. The molecule has 1 unspecified atom stereocenters. The normalized spacial score (nSPS) is 18.1. The molecule has 1 aliphatic heterocycles. The monoisotopic (exact) mass is 477 g/mol. The highest BCUT2D eigenvalue weighted by atomic mass is 35.5. The van der Waals surface area contributed by atoms with Crippen molar-refractivity contribution in [3.63, 3.8) is 0 Å². The zero-order valence-corrected chi connectivity index (χ0v) is 17.6. The average Bonchev–Trinajstić information content (AvgIpc) is 3.29. The van der Waals surface area contributed by atoms with Crippen molar-refractivity contribution in [3.05, 3.63) is 88.3 Å². The van der Waals surface area contributed by atoms with Gasteiger partial charge in [-0.25, -0.2) is 0 Å². The third-order valence-electron chi connectivity index (χ3n) is 4.94. The van der Waals surface area contributed by atoms with E-state index in [-0.39, 0.29) is 22.6 Å². The van der Waals surface area contributed by atoms with E-state index in [4.69, 9.17) is 16.0 Å². The molecule has 10 heteroatoms. The van der Waals surface area contributed by atoms with Crippen molar-refractivity contribution in [2.24, 2.45) is 0 Å². The smallest absolute Gasteiger partial charge is 0.507 e. The second kappa shape index (κ2) is 8.32. The number of aliphatic hydroxyl groups is 1. The van der Waals surface area contributed by atoms with Crippen LogP contribution in [0.5, 0.6) is 5.75 Å². The number of nitrogens with zero attached hydrogens (tertiary/aromatic N) is 1. The van der Waals surface area contributed by atoms with Crippen LogP contribution in [0.15, 0.2) is 70.7 Å². The van der Waals surface area contributed by atoms with E-state index in [1.165, 1.54) is 36.4 Å². The first kappa shape index (κ1) is 22.5. The second-order valence-corrected chi connectivity index (χ2v) is 7.60. The molecule has 1 N–H and O–H groups in total. The van der Waals surface area contributed by atoms with Gasteiger partial charge < -0.3 is 14.3 Å². The van der Waals surface area contributed by atoms with Crippen LogP contribution >= 0.6 is 11.6 Å². The fourth-order valence-electron chi connectivity index (χ4n) is 3.54. The van der Waals surface area contributed by atoms with Crippen LogP contribution in [0, 0.1) is 6.92 Å². The number of carbonyl (C=O) groups is 2. The van der Waals surface area contributed by atoms with Crippen LogP contribution in [-0.2, 0) is 9.59 Å². The fraction of sp³-hybridized carbons (Fsp3) is 0.130. The summed E-state index contributed by atoms with van der Waals surface area (Å²) >= 11 is 5.89. The van der Waals surface area contributed by atoms with Crippen LogP contribution in [0.2, 0.25) is 5.02 Å². The number of alkyl halides is 3. The van der Waals surface area contributed by atoms with Crippen molar-refractivity contribution < 1.29 is 37.0 Å². The van der Waals surface area contributed by atoms with E-state index in [2.05, 4.69) is 4.74 Å². The Kier molecular flexibility index (Phi) is 5.67. The first-order chi connectivity index (χ1) is 15.5. The van der Waals surface area contributed by atoms with Crippen LogP contribution in [-0.4, -0.2) is 23.2 Å². The van der Waals surface area contributed by atoms with Crippen molar-refractivity contribution in [2.45, 2.75) is 19.3 Å². The summed E-state index contributed by atoms with van der Waals surface area (Å²) in [5.74, 6) is -2.20. The molecule has 0 saturated carbocycles. The predicted octanol–water partition coefficient (Wildman–Crippen LogP) is 5.77. The number of anilines is 1. The van der Waals surface area contributed by atoms with Crippen molar-refractivity contribution >= 4 is 34.7 Å². The molecule has 6 nitrogen and oxygen atoms in total. The van der Waals surface area contributed by atoms with Crippen LogP contribution in [0.1, 0.15) is 23.1 Å². The van der Waals surface area contributed by atoms with Crippen molar-refractivity contribution in [2.75, 3.05) is 4.90 Å². The highest BCUT2D eigenvalue weighted by Crippen LogP contribution is 2.43. The molecule has 0 bridgehead atoms. The molecule has 1 saturated heterocycles. The molecule has 1 amide bonds. The first-order valence-corrected chi connectivity index (χ1v) is 9.92. The molecule has 0 aliphatic carbocycles. The molecule has 170 valence electrons. The molecule has 33 heavy (non-hydrogen) atoms. The second-order valence-electron chi connectivity index (χ2n) is 7.17. The summed E-state index contributed by atoms with van der Waals surface area (Å²) in [6, 6.07) is 12.5. The van der Waals surface area contributed by atoms with Gasteiger partial charge in [-0.15, -0.1) is 13.2 Å². The number of aryl methyl sites for hydroxylation is 1. The van der Waals surface area contributed by atoms with Gasteiger partial charge in [-0.1, -0.05) is 11.6 Å². The number of ketones is 1. The largest absolute Gasteiger partial charge is 0.573 e. The molecule has 3 aromatic rings. The summed E-state index contributed by atoms with van der Waals surface area (Å²) in [6.07, 6.45) is -4.88. The first-order valence-electron chi connectivity index (χ1n) is 9.54. The zero-order chi connectivity index (χ0) is 23.9. The Morgan fingerprint density at radius 3 is 2.21 bits per heavy atom. The lowest BCUT2D eigenvalue weighted by molar-refractivity contribution is -0.274. The molecule has 4 rings (SSSR count). The van der Waals surface area contributed by atoms with E-state index in [1.54, 1.807) is 19.1 Å². The minimum absolute atomic E-state index is 0.112. The number of ether oxygens (including phenoxy) is 1. The summed E-state index contributed by atoms with van der Waals surface area (Å²) in [7, 11) is 0. The summed E-state index contributed by atoms with van der Waals surface area (Å²) in [4.78, 5) is 27.0. The van der Waals surface area contributed by atoms with Crippen molar-refractivity contribution in [1.82, 2.24) is 0 Å². The van der Waals surface area contributed by atoms with E-state index in [0.717, 1.165) is 17.0 Å². The lowest BCUT2D eigenvalue weighted by Gasteiger charge is -2.23. The number of amides is 1. The Morgan fingerprint density at radius 1 is 1.03 bits per heavy atom. The molecule has 0 spiro atoms. The van der Waals surface area contributed by atoms with Crippen molar-refractivity contribution in [1.29, 1.82) is 0 Å². The van der Waals surface area contributed by atoms with Crippen LogP contribution in [0.25, 0.3) is 5.76 Å². The average molecular weight is 478 g/mol. The van der Waals surface area contributed by atoms with Gasteiger partial charge in [-0.3, -0.25) is 14.5 Å². The Hall–Kier alpha value is -3.72. The van der Waals surface area contributed by atoms with Gasteiger partial charge in [0.2, 0.25) is 0 Å². The van der Waals surface area contributed by atoms with Gasteiger partial charge in [0.1, 0.15) is 29.1 Å². The fourth-order valence-corrected chi connectivity index (χ4v) is 3.67. The van der Waals surface area contributed by atoms with Gasteiger partial charge in [-0.05, 0) is 67.6 Å². The Balaban J connectivity index is 1.83. The van der Waals surface area contributed by atoms with Gasteiger partial charge in [0, 0.05) is 16.3 Å². The Labute approximate surface area is 190 Å². The van der Waals surface area contributed by atoms with Crippen LogP contribution in [0.4, 0.5) is 18.9 Å². The Morgan fingerprint density at radius 2 is 1.67 bits per heavy atom. The molecule has 2 aromatic carbocycles. The number of hydrogen-bond acceptors (Lipinski definition) is 5. The maximum atomic E-state index is 13.0. The van der Waals surface area contributed by atoms with Gasteiger partial charge in [0.05, 0.1) is 5.57 Å². The number of aliphatic hydroxyl groups excluding tert-OH is 1. The maximum absolute atomic E-state index is 13.0. The van der Waals surface area contributed by atoms with E-state index in [0.29, 0.717) is 10.8 Å². The minimum atomic E-state index is -4.88. The minimum Gasteiger partial charge on any atom is -0.507 e. The Bertz CT molecular complexity index is 1250. The molecule has 1 aromatic heterocycles. The molecule has 0 radical (unpaired) electrons. The zero-order valence-electron chi connectivity index (χ0n) is 16.9. The third kappa shape index (κ3) is 4.45. The summed E-state index contributed by atoms with van der Waals surface area (Å²) in [5.41, 5.74) is 0.132. The number of halogens is 4. The number of Topliss-reactive ketones (excluding diaryl/α,β-unsaturated/α-hetero) is 1. The maximum Gasteiger partial charge on any atom is 0.573 e. The molecule has 1 atom stereocenters. The summed E-state index contributed by atoms with van der Waals surface area (Å²) < 4.78 is 47.0. The molecular weight excluding hydrogens is 463 g/mol. The van der Waals surface area contributed by atoms with Gasteiger partial charge in [0.15, 0.2) is 0 Å². The van der Waals surface area contributed by atoms with E-state index in [1.807, 2.05) is 0 Å². The highest BCUT2D eigenvalue weighted by Gasteiger charge is 2.48. The van der Waals surface area contributed by atoms with Crippen LogP contribution in [0.3, 0.4) is 0 Å². The SMILES string of the molecule is Cc1ccc(C2/C(=C(/O)c3ccc(Cl)cc3)C(=O)C(=O)N2c2ccc(OC(F)(F)F)cc2)o1. The molecule has 2 heterocycles.